The van der Waals surface area contributed by atoms with Gasteiger partial charge in [0.1, 0.15) is 12.7 Å². The Morgan fingerprint density at radius 3 is 2.78 bits per heavy atom. The lowest BCUT2D eigenvalue weighted by Crippen LogP contribution is -2.24. The highest BCUT2D eigenvalue weighted by molar-refractivity contribution is 8.13. The van der Waals surface area contributed by atoms with Crippen molar-refractivity contribution in [3.05, 3.63) is 42.5 Å². The zero-order chi connectivity index (χ0) is 16.2. The van der Waals surface area contributed by atoms with Crippen molar-refractivity contribution in [3.8, 4) is 0 Å². The maximum Gasteiger partial charge on any atom is 0.227 e. The number of rotatable bonds is 5. The van der Waals surface area contributed by atoms with Crippen molar-refractivity contribution in [1.29, 1.82) is 0 Å². The average Bonchev–Trinajstić information content (AvgIpc) is 3.16. The van der Waals surface area contributed by atoms with Crippen molar-refractivity contribution in [1.82, 2.24) is 14.8 Å². The molecule has 7 heteroatoms. The molecule has 0 radical (unpaired) electrons. The molecular weight excluding hydrogens is 312 g/mol. The molecule has 6 nitrogen and oxygen atoms in total. The van der Waals surface area contributed by atoms with Crippen LogP contribution in [0.5, 0.6) is 0 Å². The average molecular weight is 330 g/mol. The molecule has 0 spiro atoms. The van der Waals surface area contributed by atoms with Crippen LogP contribution in [0.25, 0.3) is 0 Å². The Morgan fingerprint density at radius 2 is 2.13 bits per heavy atom. The van der Waals surface area contributed by atoms with Crippen LogP contribution in [0, 0.1) is 5.92 Å². The number of carbonyl (C=O) groups is 2. The molecule has 2 aromatic rings. The molecule has 1 amide bonds. The van der Waals surface area contributed by atoms with Gasteiger partial charge in [0.2, 0.25) is 5.91 Å². The summed E-state index contributed by atoms with van der Waals surface area (Å²) in [5.74, 6) is 1.08. The van der Waals surface area contributed by atoms with E-state index in [1.165, 1.54) is 18.1 Å². The van der Waals surface area contributed by atoms with Crippen LogP contribution < -0.4 is 4.90 Å². The van der Waals surface area contributed by atoms with E-state index in [1.807, 2.05) is 29.2 Å². The number of benzene rings is 1. The van der Waals surface area contributed by atoms with Crippen molar-refractivity contribution in [2.24, 2.45) is 5.92 Å². The second kappa shape index (κ2) is 6.95. The lowest BCUT2D eigenvalue weighted by atomic mass is 10.1. The Bertz CT molecular complexity index is 685. The van der Waals surface area contributed by atoms with Gasteiger partial charge >= 0.3 is 0 Å². The van der Waals surface area contributed by atoms with Gasteiger partial charge in [-0.3, -0.25) is 9.59 Å². The van der Waals surface area contributed by atoms with Crippen LogP contribution in [0.15, 0.2) is 36.9 Å². The van der Waals surface area contributed by atoms with E-state index in [4.69, 9.17) is 0 Å². The molecule has 1 saturated heterocycles. The molecule has 1 aromatic carbocycles. The van der Waals surface area contributed by atoms with E-state index in [2.05, 4.69) is 10.1 Å². The van der Waals surface area contributed by atoms with Gasteiger partial charge in [-0.15, -0.1) is 0 Å². The van der Waals surface area contributed by atoms with Crippen molar-refractivity contribution < 1.29 is 9.59 Å². The van der Waals surface area contributed by atoms with Crippen LogP contribution in [0.4, 0.5) is 5.69 Å². The SMILES string of the molecule is CC(=O)SCC1CC(=O)N(c2ccc(Cn3cncn3)cc2)C1. The molecule has 23 heavy (non-hydrogen) atoms. The number of anilines is 1. The predicted octanol–water partition coefficient (Wildman–Crippen LogP) is 1.96. The van der Waals surface area contributed by atoms with E-state index in [-0.39, 0.29) is 16.9 Å². The smallest absolute Gasteiger partial charge is 0.227 e. The first kappa shape index (κ1) is 15.7. The van der Waals surface area contributed by atoms with Crippen LogP contribution in [0.3, 0.4) is 0 Å². The molecule has 2 heterocycles. The van der Waals surface area contributed by atoms with E-state index >= 15 is 0 Å². The quantitative estimate of drug-likeness (QED) is 0.838. The zero-order valence-corrected chi connectivity index (χ0v) is 13.7. The normalized spacial score (nSPS) is 17.7. The number of carbonyl (C=O) groups excluding carboxylic acids is 2. The van der Waals surface area contributed by atoms with Crippen LogP contribution in [-0.4, -0.2) is 38.1 Å². The number of hydrogen-bond acceptors (Lipinski definition) is 5. The van der Waals surface area contributed by atoms with Gasteiger partial charge in [-0.2, -0.15) is 5.10 Å². The summed E-state index contributed by atoms with van der Waals surface area (Å²) in [6, 6.07) is 7.93. The van der Waals surface area contributed by atoms with Crippen LogP contribution in [0.1, 0.15) is 18.9 Å². The highest BCUT2D eigenvalue weighted by Crippen LogP contribution is 2.27. The zero-order valence-electron chi connectivity index (χ0n) is 12.9. The summed E-state index contributed by atoms with van der Waals surface area (Å²) in [5, 5.41) is 4.18. The fourth-order valence-corrected chi connectivity index (χ4v) is 3.35. The molecule has 120 valence electrons. The van der Waals surface area contributed by atoms with Crippen molar-refractivity contribution >= 4 is 28.5 Å². The van der Waals surface area contributed by atoms with Gasteiger partial charge < -0.3 is 4.90 Å². The lowest BCUT2D eigenvalue weighted by Gasteiger charge is -2.17. The number of aromatic nitrogens is 3. The van der Waals surface area contributed by atoms with Gasteiger partial charge in [-0.25, -0.2) is 9.67 Å². The van der Waals surface area contributed by atoms with Gasteiger partial charge in [0.05, 0.1) is 6.54 Å². The Hall–Kier alpha value is -2.15. The Kier molecular flexibility index (Phi) is 4.76. The summed E-state index contributed by atoms with van der Waals surface area (Å²) in [6.07, 6.45) is 3.70. The predicted molar refractivity (Wildman–Crippen MR) is 89.2 cm³/mol. The minimum Gasteiger partial charge on any atom is -0.312 e. The number of amides is 1. The molecule has 1 aromatic heterocycles. The third-order valence-corrected chi connectivity index (χ3v) is 4.83. The van der Waals surface area contributed by atoms with E-state index in [9.17, 15) is 9.59 Å². The molecule has 1 unspecified atom stereocenters. The van der Waals surface area contributed by atoms with Gasteiger partial charge in [0.25, 0.3) is 0 Å². The van der Waals surface area contributed by atoms with Gasteiger partial charge in [0.15, 0.2) is 5.12 Å². The fraction of sp³-hybridized carbons (Fsp3) is 0.375. The third kappa shape index (κ3) is 3.98. The molecule has 0 bridgehead atoms. The maximum atomic E-state index is 12.2. The van der Waals surface area contributed by atoms with Crippen LogP contribution >= 0.6 is 11.8 Å². The highest BCUT2D eigenvalue weighted by Gasteiger charge is 2.30. The first-order valence-corrected chi connectivity index (χ1v) is 8.45. The van der Waals surface area contributed by atoms with Gasteiger partial charge in [0, 0.05) is 31.3 Å². The summed E-state index contributed by atoms with van der Waals surface area (Å²) in [6.45, 7) is 2.90. The van der Waals surface area contributed by atoms with Gasteiger partial charge in [-0.05, 0) is 23.6 Å². The summed E-state index contributed by atoms with van der Waals surface area (Å²) in [7, 11) is 0. The van der Waals surface area contributed by atoms with E-state index in [1.54, 1.807) is 17.9 Å². The van der Waals surface area contributed by atoms with Crippen molar-refractivity contribution in [2.75, 3.05) is 17.2 Å². The molecular formula is C16H18N4O2S. The highest BCUT2D eigenvalue weighted by atomic mass is 32.2. The second-order valence-electron chi connectivity index (χ2n) is 5.64. The summed E-state index contributed by atoms with van der Waals surface area (Å²) in [4.78, 5) is 29.0. The van der Waals surface area contributed by atoms with Crippen molar-refractivity contribution in [3.63, 3.8) is 0 Å². The Morgan fingerprint density at radius 1 is 1.35 bits per heavy atom. The number of hydrogen-bond donors (Lipinski definition) is 0. The molecule has 0 aliphatic carbocycles. The third-order valence-electron chi connectivity index (χ3n) is 3.79. The Labute approximate surface area is 138 Å². The number of nitrogens with zero attached hydrogens (tertiary/aromatic N) is 4. The van der Waals surface area contributed by atoms with E-state index < -0.39 is 0 Å². The second-order valence-corrected chi connectivity index (χ2v) is 6.83. The summed E-state index contributed by atoms with van der Waals surface area (Å²) < 4.78 is 1.75. The molecule has 1 atom stereocenters. The van der Waals surface area contributed by atoms with Crippen LogP contribution in [0.2, 0.25) is 0 Å². The monoisotopic (exact) mass is 330 g/mol. The first-order chi connectivity index (χ1) is 11.1. The lowest BCUT2D eigenvalue weighted by molar-refractivity contribution is -0.117. The largest absolute Gasteiger partial charge is 0.312 e. The fourth-order valence-electron chi connectivity index (χ4n) is 2.66. The minimum atomic E-state index is 0.105. The first-order valence-electron chi connectivity index (χ1n) is 7.47. The van der Waals surface area contributed by atoms with E-state index in [0.29, 0.717) is 25.3 Å². The molecule has 0 saturated carbocycles. The topological polar surface area (TPSA) is 68.1 Å². The standard InChI is InChI=1S/C16H18N4O2S/c1-12(21)23-9-14-6-16(22)20(8-14)15-4-2-13(3-5-15)7-19-11-17-10-18-19/h2-5,10-11,14H,6-9H2,1H3. The summed E-state index contributed by atoms with van der Waals surface area (Å²) >= 11 is 1.30. The minimum absolute atomic E-state index is 0.105. The molecule has 1 fully saturated rings. The number of thioether (sulfide) groups is 1. The van der Waals surface area contributed by atoms with Crippen molar-refractivity contribution in [2.45, 2.75) is 19.9 Å². The van der Waals surface area contributed by atoms with Gasteiger partial charge in [-0.1, -0.05) is 23.9 Å². The molecule has 1 aliphatic heterocycles. The van der Waals surface area contributed by atoms with E-state index in [0.717, 1.165) is 11.3 Å². The summed E-state index contributed by atoms with van der Waals surface area (Å²) in [5.41, 5.74) is 2.02. The molecule has 3 rings (SSSR count). The molecule has 1 aliphatic rings. The van der Waals surface area contributed by atoms with Crippen LogP contribution in [-0.2, 0) is 16.1 Å². The Balaban J connectivity index is 1.62. The molecule has 0 N–H and O–H groups in total. The maximum absolute atomic E-state index is 12.2.